The number of nitrogens with zero attached hydrogens (tertiary/aromatic N) is 2. The molecule has 5 nitrogen and oxygen atoms in total. The first kappa shape index (κ1) is 20.4. The van der Waals surface area contributed by atoms with Gasteiger partial charge in [-0.15, -0.1) is 0 Å². The lowest BCUT2D eigenvalue weighted by molar-refractivity contribution is -0.140. The van der Waals surface area contributed by atoms with Crippen molar-refractivity contribution < 1.29 is 14.4 Å². The number of anilines is 1. The van der Waals surface area contributed by atoms with Gasteiger partial charge in [-0.3, -0.25) is 24.2 Å². The van der Waals surface area contributed by atoms with Crippen molar-refractivity contribution in [1.29, 1.82) is 0 Å². The molecule has 0 spiro atoms. The highest BCUT2D eigenvalue weighted by atomic mass is 16.2. The van der Waals surface area contributed by atoms with Crippen molar-refractivity contribution in [2.45, 2.75) is 27.2 Å². The Morgan fingerprint density at radius 3 is 2.06 bits per heavy atom. The molecule has 2 aromatic rings. The average Bonchev–Trinajstić information content (AvgIpc) is 3.56. The molecule has 1 saturated heterocycles. The molecule has 3 amide bonds. The van der Waals surface area contributed by atoms with Gasteiger partial charge in [0.05, 0.1) is 11.8 Å². The van der Waals surface area contributed by atoms with E-state index in [0.717, 1.165) is 23.1 Å². The molecule has 3 fully saturated rings. The molecule has 2 saturated carbocycles. The molecule has 168 valence electrons. The van der Waals surface area contributed by atoms with E-state index < -0.39 is 0 Å². The molecule has 2 aromatic carbocycles. The minimum Gasteiger partial charge on any atom is -0.290 e. The number of hydrogen-bond acceptors (Lipinski definition) is 3. The van der Waals surface area contributed by atoms with Gasteiger partial charge in [0, 0.05) is 11.3 Å². The van der Waals surface area contributed by atoms with Crippen molar-refractivity contribution in [2.75, 3.05) is 11.6 Å². The second-order valence-corrected chi connectivity index (χ2v) is 10.3. The largest absolute Gasteiger partial charge is 0.290 e. The SMILES string of the molecule is Cc1cc(C)cc(N(CN2C(=O)C3C4C=CC(C5CC45)C3C2=O)C(=O)c2ccccc2C)c1. The van der Waals surface area contributed by atoms with Crippen LogP contribution in [0, 0.1) is 56.3 Å². The third kappa shape index (κ3) is 3.01. The second kappa shape index (κ2) is 7.14. The van der Waals surface area contributed by atoms with Gasteiger partial charge in [-0.25, -0.2) is 0 Å². The van der Waals surface area contributed by atoms with E-state index in [-0.39, 0.29) is 48.1 Å². The number of rotatable bonds is 4. The summed E-state index contributed by atoms with van der Waals surface area (Å²) >= 11 is 0. The standard InChI is InChI=1S/C28H28N2O3/c1-15-10-16(2)12-18(11-15)29(26(31)19-7-5-4-6-17(19)3)14-30-27(32)24-20-8-9-21(23-13-22(20)23)25(24)28(30)33/h4-12,20-25H,13-14H2,1-3H3. The molecule has 0 aromatic heterocycles. The first-order chi connectivity index (χ1) is 15.8. The van der Waals surface area contributed by atoms with E-state index in [4.69, 9.17) is 0 Å². The molecular weight excluding hydrogens is 412 g/mol. The van der Waals surface area contributed by atoms with Crippen LogP contribution in [0.1, 0.15) is 33.5 Å². The summed E-state index contributed by atoms with van der Waals surface area (Å²) in [6.45, 7) is 5.84. The number of hydrogen-bond donors (Lipinski definition) is 0. The Labute approximate surface area is 194 Å². The van der Waals surface area contributed by atoms with Gasteiger partial charge in [-0.05, 0) is 85.8 Å². The van der Waals surface area contributed by atoms with E-state index in [1.165, 1.54) is 4.90 Å². The number of amides is 3. The van der Waals surface area contributed by atoms with Crippen LogP contribution in [0.2, 0.25) is 0 Å². The van der Waals surface area contributed by atoms with Crippen LogP contribution >= 0.6 is 0 Å². The monoisotopic (exact) mass is 440 g/mol. The van der Waals surface area contributed by atoms with E-state index in [2.05, 4.69) is 18.2 Å². The van der Waals surface area contributed by atoms with Gasteiger partial charge in [0.1, 0.15) is 6.67 Å². The van der Waals surface area contributed by atoms with Crippen LogP contribution in [0.5, 0.6) is 0 Å². The summed E-state index contributed by atoms with van der Waals surface area (Å²) in [6, 6.07) is 13.4. The lowest BCUT2D eigenvalue weighted by Crippen LogP contribution is -2.45. The number of allylic oxidation sites excluding steroid dienone is 2. The van der Waals surface area contributed by atoms with Gasteiger partial charge in [-0.2, -0.15) is 0 Å². The van der Waals surface area contributed by atoms with Gasteiger partial charge >= 0.3 is 0 Å². The van der Waals surface area contributed by atoms with Crippen LogP contribution < -0.4 is 4.90 Å². The number of carbonyl (C=O) groups excluding carboxylic acids is 3. The normalized spacial score (nSPS) is 30.9. The maximum Gasteiger partial charge on any atom is 0.260 e. The summed E-state index contributed by atoms with van der Waals surface area (Å²) < 4.78 is 0. The van der Waals surface area contributed by atoms with Crippen LogP contribution in [0.4, 0.5) is 5.69 Å². The van der Waals surface area contributed by atoms with E-state index in [0.29, 0.717) is 23.1 Å². The quantitative estimate of drug-likeness (QED) is 0.527. The maximum atomic E-state index is 13.8. The molecule has 33 heavy (non-hydrogen) atoms. The second-order valence-electron chi connectivity index (χ2n) is 10.3. The zero-order chi connectivity index (χ0) is 23.0. The third-order valence-electron chi connectivity index (χ3n) is 8.18. The van der Waals surface area contributed by atoms with Gasteiger partial charge in [-0.1, -0.05) is 36.4 Å². The van der Waals surface area contributed by atoms with E-state index in [1.54, 1.807) is 11.0 Å². The average molecular weight is 441 g/mol. The van der Waals surface area contributed by atoms with Crippen molar-refractivity contribution in [3.05, 3.63) is 76.9 Å². The molecule has 4 aliphatic carbocycles. The van der Waals surface area contributed by atoms with Crippen LogP contribution in [-0.4, -0.2) is 29.3 Å². The van der Waals surface area contributed by atoms with Crippen molar-refractivity contribution in [2.24, 2.45) is 35.5 Å². The first-order valence-electron chi connectivity index (χ1n) is 11.8. The molecule has 0 radical (unpaired) electrons. The Bertz CT molecular complexity index is 1180. The Hall–Kier alpha value is -3.21. The molecule has 7 rings (SSSR count). The highest BCUT2D eigenvalue weighted by molar-refractivity contribution is 6.10. The molecule has 6 unspecified atom stereocenters. The van der Waals surface area contributed by atoms with Crippen LogP contribution in [0.3, 0.4) is 0 Å². The summed E-state index contributed by atoms with van der Waals surface area (Å²) in [5.41, 5.74) is 4.22. The van der Waals surface area contributed by atoms with Gasteiger partial charge < -0.3 is 0 Å². The highest BCUT2D eigenvalue weighted by Gasteiger charge is 2.67. The Kier molecular flexibility index (Phi) is 4.42. The highest BCUT2D eigenvalue weighted by Crippen LogP contribution is 2.65. The van der Waals surface area contributed by atoms with Crippen LogP contribution in [-0.2, 0) is 9.59 Å². The topological polar surface area (TPSA) is 57.7 Å². The number of imide groups is 1. The molecule has 1 aliphatic heterocycles. The Morgan fingerprint density at radius 1 is 0.909 bits per heavy atom. The molecule has 5 aliphatic rings. The zero-order valence-corrected chi connectivity index (χ0v) is 19.2. The van der Waals surface area contributed by atoms with Crippen LogP contribution in [0.15, 0.2) is 54.6 Å². The van der Waals surface area contributed by atoms with Gasteiger partial charge in [0.2, 0.25) is 11.8 Å². The van der Waals surface area contributed by atoms with Crippen molar-refractivity contribution in [3.63, 3.8) is 0 Å². The number of carbonyl (C=O) groups is 3. The fourth-order valence-corrected chi connectivity index (χ4v) is 6.63. The number of aryl methyl sites for hydroxylation is 3. The lowest BCUT2D eigenvalue weighted by Gasteiger charge is -2.37. The van der Waals surface area contributed by atoms with E-state index >= 15 is 0 Å². The fourth-order valence-electron chi connectivity index (χ4n) is 6.63. The van der Waals surface area contributed by atoms with Crippen molar-refractivity contribution in [3.8, 4) is 0 Å². The molecule has 5 heteroatoms. The molecule has 6 atom stereocenters. The summed E-state index contributed by atoms with van der Waals surface area (Å²) in [5.74, 6) is 0.531. The number of likely N-dealkylation sites (tertiary alicyclic amines) is 1. The first-order valence-corrected chi connectivity index (χ1v) is 11.8. The predicted octanol–water partition coefficient (Wildman–Crippen LogP) is 4.27. The smallest absolute Gasteiger partial charge is 0.260 e. The minimum absolute atomic E-state index is 0.0461. The van der Waals surface area contributed by atoms with Crippen LogP contribution in [0.25, 0.3) is 0 Å². The van der Waals surface area contributed by atoms with E-state index in [1.807, 2.05) is 51.1 Å². The molecule has 2 bridgehead atoms. The Balaban J connectivity index is 1.37. The summed E-state index contributed by atoms with van der Waals surface area (Å²) in [4.78, 5) is 43.9. The summed E-state index contributed by atoms with van der Waals surface area (Å²) in [6.07, 6.45) is 5.49. The summed E-state index contributed by atoms with van der Waals surface area (Å²) in [5, 5.41) is 0. The van der Waals surface area contributed by atoms with Crippen molar-refractivity contribution >= 4 is 23.4 Å². The predicted molar refractivity (Wildman–Crippen MR) is 125 cm³/mol. The zero-order valence-electron chi connectivity index (χ0n) is 19.2. The summed E-state index contributed by atoms with van der Waals surface area (Å²) in [7, 11) is 0. The van der Waals surface area contributed by atoms with Gasteiger partial charge in [0.15, 0.2) is 0 Å². The third-order valence-corrected chi connectivity index (χ3v) is 8.18. The van der Waals surface area contributed by atoms with Crippen molar-refractivity contribution in [1.82, 2.24) is 4.90 Å². The maximum absolute atomic E-state index is 13.8. The molecular formula is C28H28N2O3. The molecule has 0 N–H and O–H groups in total. The Morgan fingerprint density at radius 2 is 1.48 bits per heavy atom. The molecule has 1 heterocycles. The number of benzene rings is 2. The van der Waals surface area contributed by atoms with Gasteiger partial charge in [0.25, 0.3) is 5.91 Å². The lowest BCUT2D eigenvalue weighted by atomic mass is 9.63. The fraction of sp³-hybridized carbons (Fsp3) is 0.393. The minimum atomic E-state index is -0.258. The van der Waals surface area contributed by atoms with E-state index in [9.17, 15) is 14.4 Å².